The molecule has 0 aliphatic carbocycles. The van der Waals surface area contributed by atoms with Gasteiger partial charge in [0, 0.05) is 35.5 Å². The predicted molar refractivity (Wildman–Crippen MR) is 115 cm³/mol. The molecule has 0 aliphatic heterocycles. The quantitative estimate of drug-likeness (QED) is 0.581. The molecule has 144 valence electrons. The van der Waals surface area contributed by atoms with E-state index in [1.54, 1.807) is 0 Å². The van der Waals surface area contributed by atoms with Crippen LogP contribution in [0.25, 0.3) is 11.3 Å². The zero-order valence-corrected chi connectivity index (χ0v) is 16.6. The maximum absolute atomic E-state index is 11.2. The molecule has 28 heavy (non-hydrogen) atoms. The number of nitrogens with zero attached hydrogens (tertiary/aromatic N) is 2. The third-order valence-electron chi connectivity index (χ3n) is 3.76. The second-order valence-electron chi connectivity index (χ2n) is 7.59. The molecule has 0 atom stereocenters. The van der Waals surface area contributed by atoms with Crippen LogP contribution in [0.4, 0.5) is 23.1 Å². The van der Waals surface area contributed by atoms with Crippen LogP contribution in [-0.4, -0.2) is 21.4 Å². The van der Waals surface area contributed by atoms with Gasteiger partial charge in [0.2, 0.25) is 11.9 Å². The first kappa shape index (κ1) is 19.4. The van der Waals surface area contributed by atoms with Gasteiger partial charge in [0.1, 0.15) is 5.82 Å². The van der Waals surface area contributed by atoms with Gasteiger partial charge in [-0.05, 0) is 45.0 Å². The van der Waals surface area contributed by atoms with Gasteiger partial charge < -0.3 is 16.0 Å². The Morgan fingerprint density at radius 1 is 0.893 bits per heavy atom. The molecule has 0 unspecified atom stereocenters. The van der Waals surface area contributed by atoms with Crippen LogP contribution in [0.15, 0.2) is 60.7 Å². The molecule has 3 N–H and O–H groups in total. The number of nitrogens with one attached hydrogen (secondary N) is 3. The monoisotopic (exact) mass is 375 g/mol. The van der Waals surface area contributed by atoms with E-state index in [9.17, 15) is 4.79 Å². The van der Waals surface area contributed by atoms with Crippen LogP contribution in [0.3, 0.4) is 0 Å². The maximum Gasteiger partial charge on any atom is 0.229 e. The first-order valence-electron chi connectivity index (χ1n) is 9.16. The topological polar surface area (TPSA) is 78.9 Å². The molecule has 0 radical (unpaired) electrons. The lowest BCUT2D eigenvalue weighted by atomic mass is 10.1. The minimum Gasteiger partial charge on any atom is -0.365 e. The fourth-order valence-electron chi connectivity index (χ4n) is 2.68. The van der Waals surface area contributed by atoms with Crippen LogP contribution in [-0.2, 0) is 4.79 Å². The van der Waals surface area contributed by atoms with Crippen LogP contribution in [0.2, 0.25) is 0 Å². The molecule has 2 aromatic carbocycles. The summed E-state index contributed by atoms with van der Waals surface area (Å²) in [5, 5.41) is 9.41. The molecule has 6 nitrogen and oxygen atoms in total. The van der Waals surface area contributed by atoms with Gasteiger partial charge in [0.25, 0.3) is 0 Å². The molecule has 0 bridgehead atoms. The summed E-state index contributed by atoms with van der Waals surface area (Å²) >= 11 is 0. The molecule has 3 rings (SSSR count). The molecule has 1 amide bonds. The van der Waals surface area contributed by atoms with E-state index in [1.165, 1.54) is 6.92 Å². The lowest BCUT2D eigenvalue weighted by Gasteiger charge is -2.22. The van der Waals surface area contributed by atoms with Gasteiger partial charge in [0.05, 0.1) is 5.69 Å². The Morgan fingerprint density at radius 2 is 1.54 bits per heavy atom. The summed E-state index contributed by atoms with van der Waals surface area (Å²) in [5.74, 6) is 1.15. The Balaban J connectivity index is 1.90. The number of carbonyl (C=O) groups is 1. The van der Waals surface area contributed by atoms with Crippen molar-refractivity contribution in [1.29, 1.82) is 0 Å². The highest BCUT2D eigenvalue weighted by atomic mass is 16.1. The third kappa shape index (κ3) is 5.54. The molecular weight excluding hydrogens is 350 g/mol. The normalized spacial score (nSPS) is 11.0. The van der Waals surface area contributed by atoms with E-state index in [2.05, 4.69) is 46.7 Å². The predicted octanol–water partition coefficient (Wildman–Crippen LogP) is 5.06. The molecule has 6 heteroatoms. The summed E-state index contributed by atoms with van der Waals surface area (Å²) in [6, 6.07) is 19.4. The van der Waals surface area contributed by atoms with Crippen LogP contribution in [0, 0.1) is 0 Å². The SMILES string of the molecule is CC(=O)Nc1ccc(Nc2nc(NC(C)(C)C)cc(-c3ccccc3)n2)cc1. The largest absolute Gasteiger partial charge is 0.365 e. The summed E-state index contributed by atoms with van der Waals surface area (Å²) in [4.78, 5) is 20.4. The van der Waals surface area contributed by atoms with E-state index in [4.69, 9.17) is 0 Å². The van der Waals surface area contributed by atoms with Crippen molar-refractivity contribution in [2.45, 2.75) is 33.2 Å². The van der Waals surface area contributed by atoms with E-state index in [-0.39, 0.29) is 11.4 Å². The third-order valence-corrected chi connectivity index (χ3v) is 3.76. The highest BCUT2D eigenvalue weighted by Gasteiger charge is 2.13. The minimum atomic E-state index is -0.125. The number of benzene rings is 2. The van der Waals surface area contributed by atoms with Gasteiger partial charge in [-0.2, -0.15) is 4.98 Å². The van der Waals surface area contributed by atoms with Gasteiger partial charge in [-0.15, -0.1) is 0 Å². The molecule has 3 aromatic rings. The average molecular weight is 375 g/mol. The summed E-state index contributed by atoms with van der Waals surface area (Å²) in [6.07, 6.45) is 0. The molecule has 0 aliphatic rings. The van der Waals surface area contributed by atoms with E-state index in [0.29, 0.717) is 5.95 Å². The van der Waals surface area contributed by atoms with Gasteiger partial charge >= 0.3 is 0 Å². The smallest absolute Gasteiger partial charge is 0.229 e. The number of amides is 1. The van der Waals surface area contributed by atoms with Gasteiger partial charge in [0.15, 0.2) is 0 Å². The van der Waals surface area contributed by atoms with E-state index in [1.807, 2.05) is 60.7 Å². The summed E-state index contributed by atoms with van der Waals surface area (Å²) < 4.78 is 0. The highest BCUT2D eigenvalue weighted by Crippen LogP contribution is 2.25. The lowest BCUT2D eigenvalue weighted by molar-refractivity contribution is -0.114. The van der Waals surface area contributed by atoms with Gasteiger partial charge in [-0.1, -0.05) is 30.3 Å². The van der Waals surface area contributed by atoms with Gasteiger partial charge in [-0.3, -0.25) is 4.79 Å². The minimum absolute atomic E-state index is 0.0995. The zero-order chi connectivity index (χ0) is 20.1. The molecule has 0 saturated heterocycles. The first-order chi connectivity index (χ1) is 13.3. The van der Waals surface area contributed by atoms with Crippen LogP contribution < -0.4 is 16.0 Å². The second kappa shape index (κ2) is 8.08. The van der Waals surface area contributed by atoms with Crippen molar-refractivity contribution in [2.24, 2.45) is 0 Å². The second-order valence-corrected chi connectivity index (χ2v) is 7.59. The number of anilines is 4. The fraction of sp³-hybridized carbons (Fsp3) is 0.227. The van der Waals surface area contributed by atoms with Crippen molar-refractivity contribution >= 4 is 29.0 Å². The van der Waals surface area contributed by atoms with E-state index in [0.717, 1.165) is 28.5 Å². The molecule has 1 aromatic heterocycles. The van der Waals surface area contributed by atoms with Crippen molar-refractivity contribution in [3.05, 3.63) is 60.7 Å². The molecule has 0 spiro atoms. The van der Waals surface area contributed by atoms with Crippen molar-refractivity contribution in [2.75, 3.05) is 16.0 Å². The fourth-order valence-corrected chi connectivity index (χ4v) is 2.68. The Labute approximate surface area is 165 Å². The van der Waals surface area contributed by atoms with Crippen molar-refractivity contribution in [3.8, 4) is 11.3 Å². The van der Waals surface area contributed by atoms with Crippen molar-refractivity contribution in [1.82, 2.24) is 9.97 Å². The number of carbonyl (C=O) groups excluding carboxylic acids is 1. The maximum atomic E-state index is 11.2. The van der Waals surface area contributed by atoms with Crippen LogP contribution in [0.1, 0.15) is 27.7 Å². The van der Waals surface area contributed by atoms with Crippen LogP contribution in [0.5, 0.6) is 0 Å². The Morgan fingerprint density at radius 3 is 2.14 bits per heavy atom. The lowest BCUT2D eigenvalue weighted by Crippen LogP contribution is -2.26. The summed E-state index contributed by atoms with van der Waals surface area (Å²) in [5.41, 5.74) is 3.30. The molecular formula is C22H25N5O. The highest BCUT2D eigenvalue weighted by molar-refractivity contribution is 5.88. The standard InChI is InChI=1S/C22H25N5O/c1-15(28)23-17-10-12-18(13-11-17)24-21-25-19(16-8-6-5-7-9-16)14-20(26-21)27-22(2,3)4/h5-14H,1-4H3,(H,23,28)(H2,24,25,26,27). The van der Waals surface area contributed by atoms with Gasteiger partial charge in [-0.25, -0.2) is 4.98 Å². The van der Waals surface area contributed by atoms with Crippen molar-refractivity contribution in [3.63, 3.8) is 0 Å². The molecule has 1 heterocycles. The number of hydrogen-bond acceptors (Lipinski definition) is 5. The number of aromatic nitrogens is 2. The number of rotatable bonds is 5. The molecule has 0 fully saturated rings. The zero-order valence-electron chi connectivity index (χ0n) is 16.6. The number of hydrogen-bond donors (Lipinski definition) is 3. The average Bonchev–Trinajstić information content (AvgIpc) is 2.62. The van der Waals surface area contributed by atoms with E-state index >= 15 is 0 Å². The van der Waals surface area contributed by atoms with Crippen molar-refractivity contribution < 1.29 is 4.79 Å². The van der Waals surface area contributed by atoms with E-state index < -0.39 is 0 Å². The summed E-state index contributed by atoms with van der Waals surface area (Å²) in [6.45, 7) is 7.75. The van der Waals surface area contributed by atoms with Crippen LogP contribution >= 0.6 is 0 Å². The Bertz CT molecular complexity index is 947. The summed E-state index contributed by atoms with van der Waals surface area (Å²) in [7, 11) is 0. The first-order valence-corrected chi connectivity index (χ1v) is 9.16. The Kier molecular flexibility index (Phi) is 5.59. The molecule has 0 saturated carbocycles. The Hall–Kier alpha value is -3.41.